The second-order valence-electron chi connectivity index (χ2n) is 9.37. The zero-order valence-electron chi connectivity index (χ0n) is 20.2. The summed E-state index contributed by atoms with van der Waals surface area (Å²) in [5.74, 6) is -3.31. The maximum absolute atomic E-state index is 11.6. The third-order valence-corrected chi connectivity index (χ3v) is 6.87. The van der Waals surface area contributed by atoms with E-state index in [1.807, 2.05) is 0 Å². The number of nitro groups is 2. The van der Waals surface area contributed by atoms with Gasteiger partial charge in [0.15, 0.2) is 0 Å². The molecule has 0 spiro atoms. The number of nitro benzene ring substituents is 2. The van der Waals surface area contributed by atoms with E-state index in [0.717, 1.165) is 36.5 Å². The van der Waals surface area contributed by atoms with Crippen molar-refractivity contribution in [3.63, 3.8) is 0 Å². The molecule has 0 bridgehead atoms. The maximum atomic E-state index is 11.6. The summed E-state index contributed by atoms with van der Waals surface area (Å²) in [7, 11) is 2.28. The molecule has 1 unspecified atom stereocenters. The molecule has 2 aliphatic rings. The smallest absolute Gasteiger partial charge is 0.430 e. The third-order valence-electron chi connectivity index (χ3n) is 6.87. The van der Waals surface area contributed by atoms with E-state index in [9.17, 15) is 38.2 Å². The topological polar surface area (TPSA) is 194 Å². The number of halogens is 3. The average Bonchev–Trinajstić information content (AvgIpc) is 3.13. The van der Waals surface area contributed by atoms with Gasteiger partial charge in [0.2, 0.25) is 5.91 Å². The number of benzene rings is 1. The van der Waals surface area contributed by atoms with Crippen LogP contribution >= 0.6 is 0 Å². The lowest BCUT2D eigenvalue weighted by molar-refractivity contribution is -0.927. The minimum absolute atomic E-state index is 0.0177. The SMILES string of the molecule is C[C@@H](Nc1cc(NC[C@@H]2CC[N+]3(C)CCCC[C@H]23)c([N+](=O)[O-])cc1[N+](=O)[O-])C(N)=O.O=C([O-])C(F)(F)F. The van der Waals surface area contributed by atoms with Crippen LogP contribution in [0.2, 0.25) is 0 Å². The predicted molar refractivity (Wildman–Crippen MR) is 123 cm³/mol. The first kappa shape index (κ1) is 29.5. The van der Waals surface area contributed by atoms with Gasteiger partial charge in [-0.3, -0.25) is 25.0 Å². The number of carbonyl (C=O) groups excluding carboxylic acids is 2. The van der Waals surface area contributed by atoms with Crippen LogP contribution in [0.15, 0.2) is 12.1 Å². The Bertz CT molecular complexity index is 1050. The number of nitrogens with zero attached hydrogens (tertiary/aromatic N) is 3. The van der Waals surface area contributed by atoms with Crippen molar-refractivity contribution in [1.82, 2.24) is 0 Å². The number of carbonyl (C=O) groups is 2. The van der Waals surface area contributed by atoms with E-state index in [-0.39, 0.29) is 17.1 Å². The second kappa shape index (κ2) is 11.6. The van der Waals surface area contributed by atoms with Gasteiger partial charge in [-0.15, -0.1) is 0 Å². The van der Waals surface area contributed by atoms with Crippen LogP contribution in [0, 0.1) is 26.1 Å². The van der Waals surface area contributed by atoms with Crippen molar-refractivity contribution in [2.75, 3.05) is 37.3 Å². The molecular formula is C21H29F3N6O7. The van der Waals surface area contributed by atoms with Crippen molar-refractivity contribution in [1.29, 1.82) is 0 Å². The van der Waals surface area contributed by atoms with Crippen LogP contribution in [0.4, 0.5) is 35.9 Å². The Morgan fingerprint density at radius 3 is 2.19 bits per heavy atom. The number of carboxylic acid groups (broad SMARTS) is 1. The summed E-state index contributed by atoms with van der Waals surface area (Å²) in [6.07, 6.45) is -0.577. The number of nitrogens with two attached hydrogens (primary N) is 1. The molecule has 2 aliphatic heterocycles. The van der Waals surface area contributed by atoms with Gasteiger partial charge in [0.1, 0.15) is 23.4 Å². The molecule has 1 aromatic rings. The fraction of sp³-hybridized carbons (Fsp3) is 0.619. The van der Waals surface area contributed by atoms with E-state index < -0.39 is 39.6 Å². The molecule has 1 aromatic carbocycles. The number of fused-ring (bicyclic) bond motifs is 1. The number of rotatable bonds is 8. The van der Waals surface area contributed by atoms with E-state index in [0.29, 0.717) is 18.5 Å². The van der Waals surface area contributed by atoms with E-state index >= 15 is 0 Å². The Kier molecular flexibility index (Phi) is 9.24. The minimum atomic E-state index is -5.19. The van der Waals surface area contributed by atoms with Gasteiger partial charge in [0.25, 0.3) is 11.4 Å². The van der Waals surface area contributed by atoms with Crippen molar-refractivity contribution in [2.24, 2.45) is 11.7 Å². The van der Waals surface area contributed by atoms with Crippen molar-refractivity contribution < 1.29 is 42.2 Å². The molecule has 3 rings (SSSR count). The molecule has 1 amide bonds. The van der Waals surface area contributed by atoms with Gasteiger partial charge in [0.05, 0.1) is 42.1 Å². The molecule has 4 atom stereocenters. The number of amides is 1. The predicted octanol–water partition coefficient (Wildman–Crippen LogP) is 1.52. The van der Waals surface area contributed by atoms with E-state index in [1.165, 1.54) is 25.8 Å². The summed E-state index contributed by atoms with van der Waals surface area (Å²) in [4.78, 5) is 41.8. The molecule has 16 heteroatoms. The van der Waals surface area contributed by atoms with Crippen molar-refractivity contribution in [3.05, 3.63) is 32.4 Å². The van der Waals surface area contributed by atoms with E-state index in [1.54, 1.807) is 0 Å². The zero-order chi connectivity index (χ0) is 28.1. The summed E-state index contributed by atoms with van der Waals surface area (Å²) in [5, 5.41) is 37.6. The molecule has 4 N–H and O–H groups in total. The van der Waals surface area contributed by atoms with Crippen LogP contribution in [0.5, 0.6) is 0 Å². The van der Waals surface area contributed by atoms with Crippen molar-refractivity contribution >= 4 is 34.6 Å². The molecular weight excluding hydrogens is 505 g/mol. The van der Waals surface area contributed by atoms with Gasteiger partial charge >= 0.3 is 6.18 Å². The number of carboxylic acids is 1. The highest BCUT2D eigenvalue weighted by Crippen LogP contribution is 2.40. The molecule has 2 fully saturated rings. The largest absolute Gasteiger partial charge is 0.542 e. The minimum Gasteiger partial charge on any atom is -0.542 e. The number of hydrogen-bond donors (Lipinski definition) is 3. The lowest BCUT2D eigenvalue weighted by Gasteiger charge is -2.41. The lowest BCUT2D eigenvalue weighted by atomic mass is 9.92. The zero-order valence-corrected chi connectivity index (χ0v) is 20.2. The summed E-state index contributed by atoms with van der Waals surface area (Å²) < 4.78 is 32.6. The first-order valence-electron chi connectivity index (χ1n) is 11.5. The van der Waals surface area contributed by atoms with Crippen LogP contribution in [-0.2, 0) is 9.59 Å². The Morgan fingerprint density at radius 2 is 1.68 bits per heavy atom. The second-order valence-corrected chi connectivity index (χ2v) is 9.37. The number of alkyl halides is 3. The van der Waals surface area contributed by atoms with Gasteiger partial charge in [-0.1, -0.05) is 0 Å². The molecule has 0 aliphatic carbocycles. The van der Waals surface area contributed by atoms with Crippen molar-refractivity contribution in [3.8, 4) is 0 Å². The molecule has 0 aromatic heterocycles. The first-order chi connectivity index (χ1) is 17.1. The number of quaternary nitrogens is 1. The number of nitrogens with one attached hydrogen (secondary N) is 2. The highest BCUT2D eigenvalue weighted by atomic mass is 19.4. The number of aliphatic carboxylic acids is 1. The van der Waals surface area contributed by atoms with Gasteiger partial charge in [-0.25, -0.2) is 0 Å². The maximum Gasteiger partial charge on any atom is 0.430 e. The number of anilines is 2. The summed E-state index contributed by atoms with van der Waals surface area (Å²) in [5.41, 5.74) is 4.62. The Labute approximate surface area is 209 Å². The molecule has 2 heterocycles. The Morgan fingerprint density at radius 1 is 1.11 bits per heavy atom. The highest BCUT2D eigenvalue weighted by Gasteiger charge is 2.46. The van der Waals surface area contributed by atoms with Gasteiger partial charge in [-0.2, -0.15) is 13.2 Å². The monoisotopic (exact) mass is 534 g/mol. The molecule has 37 heavy (non-hydrogen) atoms. The van der Waals surface area contributed by atoms with Gasteiger partial charge < -0.3 is 30.8 Å². The standard InChI is InChI=1S/C19H28N6O5.C2HF3O2/c1-12(19(20)26)22-15-9-14(16(23(27)28)10-17(15)24(29)30)21-11-13-6-8-25(2)7-4-3-5-18(13)25;3-2(4,5)1(6)7/h9-10,12-13,18,21-22H,3-8,11H2,1-2H3,(H-,20,26);(H,6,7)/t12-,13+,18-,25?;/m1./s1. The van der Waals surface area contributed by atoms with Crippen LogP contribution in [0.1, 0.15) is 32.6 Å². The third kappa shape index (κ3) is 7.41. The Hall–Kier alpha value is -3.69. The number of primary amides is 1. The molecule has 206 valence electrons. The first-order valence-corrected chi connectivity index (χ1v) is 11.5. The van der Waals surface area contributed by atoms with Crippen molar-refractivity contribution in [2.45, 2.75) is 50.9 Å². The van der Waals surface area contributed by atoms with Crippen LogP contribution < -0.4 is 21.5 Å². The molecule has 13 nitrogen and oxygen atoms in total. The van der Waals surface area contributed by atoms with Crippen LogP contribution in [0.3, 0.4) is 0 Å². The Balaban J connectivity index is 0.000000604. The fourth-order valence-electron chi connectivity index (χ4n) is 4.90. The number of piperidine rings is 1. The van der Waals surface area contributed by atoms with Crippen LogP contribution in [0.25, 0.3) is 0 Å². The van der Waals surface area contributed by atoms with E-state index in [2.05, 4.69) is 17.7 Å². The molecule has 0 saturated carbocycles. The summed E-state index contributed by atoms with van der Waals surface area (Å²) in [6.45, 7) is 4.29. The van der Waals surface area contributed by atoms with Gasteiger partial charge in [-0.05, 0) is 25.8 Å². The molecule has 0 radical (unpaired) electrons. The quantitative estimate of drug-likeness (QED) is 0.252. The average molecular weight is 534 g/mol. The van der Waals surface area contributed by atoms with Gasteiger partial charge in [0, 0.05) is 25.3 Å². The summed E-state index contributed by atoms with van der Waals surface area (Å²) in [6, 6.07) is 1.91. The van der Waals surface area contributed by atoms with E-state index in [4.69, 9.17) is 15.6 Å². The van der Waals surface area contributed by atoms with Crippen LogP contribution in [-0.4, -0.2) is 71.1 Å². The molecule has 2 saturated heterocycles. The highest BCUT2D eigenvalue weighted by molar-refractivity contribution is 5.85. The number of hydrogen-bond acceptors (Lipinski definition) is 9. The fourth-order valence-corrected chi connectivity index (χ4v) is 4.90. The normalized spacial score (nSPS) is 23.6. The summed E-state index contributed by atoms with van der Waals surface area (Å²) >= 11 is 0. The lowest BCUT2D eigenvalue weighted by Crippen LogP contribution is -2.53.